The normalized spacial score (nSPS) is 11.1. The van der Waals surface area contributed by atoms with Gasteiger partial charge in [0.1, 0.15) is 12.3 Å². The highest BCUT2D eigenvalue weighted by Crippen LogP contribution is 2.26. The highest BCUT2D eigenvalue weighted by atomic mass is 32.2. The second-order valence-electron chi connectivity index (χ2n) is 7.91. The Morgan fingerprint density at radius 1 is 0.912 bits per heavy atom. The maximum atomic E-state index is 13.4. The molecule has 0 aliphatic rings. The molecular formula is C26H30N2O4S2. The van der Waals surface area contributed by atoms with Gasteiger partial charge in [0.05, 0.1) is 17.7 Å². The van der Waals surface area contributed by atoms with Gasteiger partial charge >= 0.3 is 0 Å². The first-order chi connectivity index (χ1) is 16.3. The molecule has 3 rings (SSSR count). The number of amides is 1. The van der Waals surface area contributed by atoms with Crippen LogP contribution in [-0.4, -0.2) is 40.3 Å². The molecule has 0 saturated heterocycles. The summed E-state index contributed by atoms with van der Waals surface area (Å²) in [5.41, 5.74) is 3.81. The second-order valence-corrected chi connectivity index (χ2v) is 10.9. The average Bonchev–Trinajstić information content (AvgIpc) is 2.84. The molecule has 0 unspecified atom stereocenters. The quantitative estimate of drug-likeness (QED) is 0.393. The minimum absolute atomic E-state index is 0.135. The molecular weight excluding hydrogens is 468 g/mol. The Bertz CT molecular complexity index is 1180. The third kappa shape index (κ3) is 7.01. The molecule has 0 aliphatic carbocycles. The van der Waals surface area contributed by atoms with E-state index in [2.05, 4.69) is 36.5 Å². The topological polar surface area (TPSA) is 75.7 Å². The first-order valence-electron chi connectivity index (χ1n) is 10.9. The summed E-state index contributed by atoms with van der Waals surface area (Å²) in [4.78, 5) is 12.8. The van der Waals surface area contributed by atoms with Crippen molar-refractivity contribution in [3.63, 3.8) is 0 Å². The van der Waals surface area contributed by atoms with Gasteiger partial charge in [0.15, 0.2) is 0 Å². The fourth-order valence-corrected chi connectivity index (χ4v) is 5.46. The van der Waals surface area contributed by atoms with Crippen LogP contribution in [0.3, 0.4) is 0 Å². The lowest BCUT2D eigenvalue weighted by Crippen LogP contribution is -2.41. The summed E-state index contributed by atoms with van der Waals surface area (Å²) >= 11 is 1.72. The Kier molecular flexibility index (Phi) is 9.01. The Balaban J connectivity index is 1.65. The van der Waals surface area contributed by atoms with Crippen LogP contribution in [0.15, 0.2) is 77.7 Å². The predicted molar refractivity (Wildman–Crippen MR) is 139 cm³/mol. The molecule has 0 radical (unpaired) electrons. The van der Waals surface area contributed by atoms with Crippen molar-refractivity contribution in [3.05, 3.63) is 89.5 Å². The highest BCUT2D eigenvalue weighted by molar-refractivity contribution is 7.98. The molecule has 0 atom stereocenters. The van der Waals surface area contributed by atoms with Gasteiger partial charge in [-0.3, -0.25) is 9.10 Å². The number of nitrogens with zero attached hydrogens (tertiary/aromatic N) is 1. The van der Waals surface area contributed by atoms with Crippen LogP contribution in [0.2, 0.25) is 0 Å². The largest absolute Gasteiger partial charge is 0.497 e. The van der Waals surface area contributed by atoms with E-state index in [1.54, 1.807) is 67.4 Å². The number of nitrogens with one attached hydrogen (secondary N) is 1. The second kappa shape index (κ2) is 11.9. The third-order valence-electron chi connectivity index (χ3n) is 5.21. The molecule has 0 heterocycles. The number of hydrogen-bond donors (Lipinski definition) is 1. The minimum Gasteiger partial charge on any atom is -0.497 e. The predicted octanol–water partition coefficient (Wildman–Crippen LogP) is 4.56. The summed E-state index contributed by atoms with van der Waals surface area (Å²) in [5.74, 6) is 1.83. The molecule has 3 aromatic carbocycles. The van der Waals surface area contributed by atoms with Crippen molar-refractivity contribution in [1.82, 2.24) is 5.32 Å². The zero-order chi connectivity index (χ0) is 24.6. The van der Waals surface area contributed by atoms with E-state index in [9.17, 15) is 13.2 Å². The van der Waals surface area contributed by atoms with Crippen LogP contribution in [0.4, 0.5) is 5.69 Å². The monoisotopic (exact) mass is 498 g/mol. The number of rotatable bonds is 11. The van der Waals surface area contributed by atoms with Gasteiger partial charge in [0.25, 0.3) is 10.0 Å². The van der Waals surface area contributed by atoms with Gasteiger partial charge in [0.2, 0.25) is 5.91 Å². The molecule has 3 aromatic rings. The van der Waals surface area contributed by atoms with Crippen LogP contribution >= 0.6 is 11.8 Å². The summed E-state index contributed by atoms with van der Waals surface area (Å²) in [6, 6.07) is 21.6. The smallest absolute Gasteiger partial charge is 0.264 e. The molecule has 0 fully saturated rings. The molecule has 6 nitrogen and oxygen atoms in total. The maximum Gasteiger partial charge on any atom is 0.264 e. The molecule has 8 heteroatoms. The number of benzene rings is 3. The van der Waals surface area contributed by atoms with Gasteiger partial charge in [-0.2, -0.15) is 11.8 Å². The average molecular weight is 499 g/mol. The summed E-state index contributed by atoms with van der Waals surface area (Å²) in [6.07, 6.45) is 0. The molecule has 0 aliphatic heterocycles. The van der Waals surface area contributed by atoms with Crippen LogP contribution in [-0.2, 0) is 20.6 Å². The standard InChI is InChI=1S/C26H30N2O4S2/c1-20-4-8-22(9-5-20)19-33-17-16-27-26(29)18-28(23-10-12-24(32-3)13-11-23)34(30,31)25-14-6-21(2)7-15-25/h4-15H,16-19H2,1-3H3,(H,27,29). The zero-order valence-corrected chi connectivity index (χ0v) is 21.3. The number of anilines is 1. The van der Waals surface area contributed by atoms with Crippen molar-refractivity contribution in [2.45, 2.75) is 24.5 Å². The Morgan fingerprint density at radius 2 is 1.50 bits per heavy atom. The van der Waals surface area contributed by atoms with Crippen LogP contribution in [0.25, 0.3) is 0 Å². The minimum atomic E-state index is -3.93. The van der Waals surface area contributed by atoms with Crippen molar-refractivity contribution in [3.8, 4) is 5.75 Å². The van der Waals surface area contributed by atoms with Gasteiger partial charge in [-0.05, 0) is 55.8 Å². The lowest BCUT2D eigenvalue weighted by atomic mass is 10.2. The molecule has 1 N–H and O–H groups in total. The first-order valence-corrected chi connectivity index (χ1v) is 13.5. The Hall–Kier alpha value is -2.97. The van der Waals surface area contributed by atoms with Gasteiger partial charge < -0.3 is 10.1 Å². The lowest BCUT2D eigenvalue weighted by molar-refractivity contribution is -0.119. The number of carbonyl (C=O) groups excluding carboxylic acids is 1. The summed E-state index contributed by atoms with van der Waals surface area (Å²) < 4.78 is 33.1. The van der Waals surface area contributed by atoms with E-state index < -0.39 is 10.0 Å². The maximum absolute atomic E-state index is 13.4. The van der Waals surface area contributed by atoms with E-state index in [0.29, 0.717) is 18.0 Å². The van der Waals surface area contributed by atoms with E-state index in [1.165, 1.54) is 11.1 Å². The van der Waals surface area contributed by atoms with Gasteiger partial charge in [-0.15, -0.1) is 0 Å². The van der Waals surface area contributed by atoms with Crippen LogP contribution in [0, 0.1) is 13.8 Å². The molecule has 0 bridgehead atoms. The number of carbonyl (C=O) groups is 1. The fraction of sp³-hybridized carbons (Fsp3) is 0.269. The van der Waals surface area contributed by atoms with Crippen LogP contribution < -0.4 is 14.4 Å². The zero-order valence-electron chi connectivity index (χ0n) is 19.7. The fourth-order valence-electron chi connectivity index (χ4n) is 3.22. The number of thioether (sulfide) groups is 1. The molecule has 0 aromatic heterocycles. The first kappa shape index (κ1) is 25.6. The molecule has 0 saturated carbocycles. The Labute approximate surface area is 206 Å². The van der Waals surface area contributed by atoms with Gasteiger partial charge in [-0.1, -0.05) is 47.5 Å². The molecule has 1 amide bonds. The van der Waals surface area contributed by atoms with Gasteiger partial charge in [0, 0.05) is 18.1 Å². The van der Waals surface area contributed by atoms with Crippen molar-refractivity contribution < 1.29 is 17.9 Å². The highest BCUT2D eigenvalue weighted by Gasteiger charge is 2.27. The van der Waals surface area contributed by atoms with Crippen molar-refractivity contribution >= 4 is 33.4 Å². The Morgan fingerprint density at radius 3 is 2.09 bits per heavy atom. The van der Waals surface area contributed by atoms with Crippen LogP contribution in [0.5, 0.6) is 5.75 Å². The van der Waals surface area contributed by atoms with Crippen LogP contribution in [0.1, 0.15) is 16.7 Å². The van der Waals surface area contributed by atoms with E-state index in [0.717, 1.165) is 21.4 Å². The van der Waals surface area contributed by atoms with Crippen molar-refractivity contribution in [2.24, 2.45) is 0 Å². The molecule has 0 spiro atoms. The van der Waals surface area contributed by atoms with E-state index in [1.807, 2.05) is 6.92 Å². The SMILES string of the molecule is COc1ccc(N(CC(=O)NCCSCc2ccc(C)cc2)S(=O)(=O)c2ccc(C)cc2)cc1. The molecule has 34 heavy (non-hydrogen) atoms. The summed E-state index contributed by atoms with van der Waals surface area (Å²) in [5, 5.41) is 2.84. The van der Waals surface area contributed by atoms with E-state index >= 15 is 0 Å². The lowest BCUT2D eigenvalue weighted by Gasteiger charge is -2.24. The van der Waals surface area contributed by atoms with Crippen molar-refractivity contribution in [1.29, 1.82) is 0 Å². The number of sulfonamides is 1. The number of methoxy groups -OCH3 is 1. The summed E-state index contributed by atoms with van der Waals surface area (Å²) in [6.45, 7) is 4.09. The van der Waals surface area contributed by atoms with E-state index in [4.69, 9.17) is 4.74 Å². The summed E-state index contributed by atoms with van der Waals surface area (Å²) in [7, 11) is -2.39. The third-order valence-corrected chi connectivity index (χ3v) is 8.03. The molecule has 180 valence electrons. The van der Waals surface area contributed by atoms with Crippen molar-refractivity contribution in [2.75, 3.05) is 30.3 Å². The van der Waals surface area contributed by atoms with E-state index in [-0.39, 0.29) is 17.3 Å². The number of aryl methyl sites for hydroxylation is 2. The van der Waals surface area contributed by atoms with Gasteiger partial charge in [-0.25, -0.2) is 8.42 Å². The number of ether oxygens (including phenoxy) is 1. The number of hydrogen-bond acceptors (Lipinski definition) is 5.